The molecule has 0 saturated carbocycles. The van der Waals surface area contributed by atoms with Crippen LogP contribution in [0.3, 0.4) is 0 Å². The van der Waals surface area contributed by atoms with Crippen molar-refractivity contribution in [2.75, 3.05) is 18.6 Å². The quantitative estimate of drug-likeness (QED) is 0.0873. The van der Waals surface area contributed by atoms with Gasteiger partial charge in [-0.05, 0) is 69.8 Å². The number of nitrogens with one attached hydrogen (secondary N) is 5. The Morgan fingerprint density at radius 3 is 1.87 bits per heavy atom. The van der Waals surface area contributed by atoms with E-state index in [1.807, 2.05) is 20.1 Å². The molecule has 0 aliphatic heterocycles. The smallest absolute Gasteiger partial charge is 0.408 e. The molecule has 0 spiro atoms. The molecule has 0 saturated heterocycles. The number of carbonyl (C=O) groups excluding carboxylic acids is 5. The van der Waals surface area contributed by atoms with E-state index >= 15 is 0 Å². The predicted molar refractivity (Wildman–Crippen MR) is 182 cm³/mol. The third-order valence-corrected chi connectivity index (χ3v) is 7.55. The lowest BCUT2D eigenvalue weighted by Crippen LogP contribution is -2.58. The normalized spacial score (nSPS) is 14.9. The van der Waals surface area contributed by atoms with E-state index in [0.29, 0.717) is 12.2 Å². The molecule has 0 aromatic rings. The topological polar surface area (TPSA) is 212 Å². The maximum Gasteiger partial charge on any atom is 0.408 e. The molecule has 47 heavy (non-hydrogen) atoms. The molecule has 0 aliphatic carbocycles. The number of hydrogen-bond donors (Lipinski definition) is 7. The highest BCUT2D eigenvalue weighted by Gasteiger charge is 2.33. The van der Waals surface area contributed by atoms with E-state index in [9.17, 15) is 33.9 Å². The van der Waals surface area contributed by atoms with Crippen molar-refractivity contribution in [1.29, 1.82) is 0 Å². The summed E-state index contributed by atoms with van der Waals surface area (Å²) in [6, 6.07) is -3.71. The molecule has 0 fully saturated rings. The zero-order valence-electron chi connectivity index (χ0n) is 29.7. The van der Waals surface area contributed by atoms with E-state index in [1.54, 1.807) is 48.5 Å². The first kappa shape index (κ1) is 43.9. The average Bonchev–Trinajstić information content (AvgIpc) is 2.92. The number of hydrogen-bond acceptors (Lipinski definition) is 9. The van der Waals surface area contributed by atoms with Crippen LogP contribution in [0.1, 0.15) is 94.4 Å². The number of carboxylic acids is 1. The summed E-state index contributed by atoms with van der Waals surface area (Å²) in [6.45, 7) is 16.1. The van der Waals surface area contributed by atoms with Gasteiger partial charge in [-0.2, -0.15) is 11.8 Å². The van der Waals surface area contributed by atoms with Crippen LogP contribution in [0, 0.1) is 17.8 Å². The summed E-state index contributed by atoms with van der Waals surface area (Å²) in [4.78, 5) is 75.6. The second-order valence-electron chi connectivity index (χ2n) is 13.8. The SMILES string of the molecule is CSCC[C@H](NC(=O)[C@@H](NC(=O)OC(C)(C)C)C(C)C)C(=O)NC(CC(C)C)[C@@H](O)CC(=O)N[C@@H](C(=O)NCCCC(=O)O)C(C)C. The van der Waals surface area contributed by atoms with Crippen LogP contribution in [-0.2, 0) is 28.7 Å². The Morgan fingerprint density at radius 2 is 1.38 bits per heavy atom. The Labute approximate surface area is 284 Å². The number of alkyl carbamates (subject to hydrolysis) is 1. The number of aliphatic hydroxyl groups is 1. The summed E-state index contributed by atoms with van der Waals surface area (Å²) in [6.07, 6.45) is 0.150. The van der Waals surface area contributed by atoms with Gasteiger partial charge in [0, 0.05) is 13.0 Å². The van der Waals surface area contributed by atoms with Gasteiger partial charge in [0.1, 0.15) is 23.7 Å². The van der Waals surface area contributed by atoms with E-state index in [-0.39, 0.29) is 43.6 Å². The summed E-state index contributed by atoms with van der Waals surface area (Å²) >= 11 is 1.49. The molecule has 15 heteroatoms. The molecule has 5 atom stereocenters. The summed E-state index contributed by atoms with van der Waals surface area (Å²) in [5.74, 6) is -3.18. The zero-order chi connectivity index (χ0) is 36.5. The lowest BCUT2D eigenvalue weighted by Gasteiger charge is -2.30. The summed E-state index contributed by atoms with van der Waals surface area (Å²) in [7, 11) is 0. The van der Waals surface area contributed by atoms with Crippen LogP contribution in [0.5, 0.6) is 0 Å². The Morgan fingerprint density at radius 1 is 0.809 bits per heavy atom. The number of amides is 5. The number of carbonyl (C=O) groups is 6. The number of ether oxygens (including phenoxy) is 1. The molecule has 5 amide bonds. The maximum atomic E-state index is 13.5. The second kappa shape index (κ2) is 21.7. The van der Waals surface area contributed by atoms with Crippen LogP contribution in [0.25, 0.3) is 0 Å². The number of aliphatic carboxylic acids is 1. The highest BCUT2D eigenvalue weighted by Crippen LogP contribution is 2.14. The minimum atomic E-state index is -1.30. The molecule has 7 N–H and O–H groups in total. The van der Waals surface area contributed by atoms with E-state index < -0.39 is 78.0 Å². The van der Waals surface area contributed by atoms with Crippen LogP contribution < -0.4 is 26.6 Å². The van der Waals surface area contributed by atoms with Gasteiger partial charge < -0.3 is 41.5 Å². The van der Waals surface area contributed by atoms with E-state index in [2.05, 4.69) is 26.6 Å². The maximum absolute atomic E-state index is 13.5. The highest BCUT2D eigenvalue weighted by molar-refractivity contribution is 7.98. The van der Waals surface area contributed by atoms with Gasteiger partial charge in [0.15, 0.2) is 0 Å². The van der Waals surface area contributed by atoms with Gasteiger partial charge in [0.2, 0.25) is 23.6 Å². The first-order chi connectivity index (χ1) is 21.7. The largest absolute Gasteiger partial charge is 0.481 e. The van der Waals surface area contributed by atoms with Gasteiger partial charge in [-0.25, -0.2) is 4.79 Å². The monoisotopic (exact) mass is 689 g/mol. The van der Waals surface area contributed by atoms with Crippen molar-refractivity contribution < 1.29 is 43.7 Å². The molecule has 14 nitrogen and oxygen atoms in total. The molecule has 0 rings (SSSR count). The van der Waals surface area contributed by atoms with Crippen LogP contribution in [0.15, 0.2) is 0 Å². The predicted octanol–water partition coefficient (Wildman–Crippen LogP) is 2.18. The fourth-order valence-corrected chi connectivity index (χ4v) is 4.97. The lowest BCUT2D eigenvalue weighted by atomic mass is 9.96. The molecule has 0 bridgehead atoms. The Hall–Kier alpha value is -3.07. The number of thioether (sulfide) groups is 1. The fourth-order valence-electron chi connectivity index (χ4n) is 4.50. The van der Waals surface area contributed by atoms with Gasteiger partial charge in [-0.15, -0.1) is 0 Å². The minimum absolute atomic E-state index is 0.0283. The van der Waals surface area contributed by atoms with Crippen LogP contribution >= 0.6 is 11.8 Å². The fraction of sp³-hybridized carbons (Fsp3) is 0.812. The van der Waals surface area contributed by atoms with Crippen molar-refractivity contribution in [3.63, 3.8) is 0 Å². The van der Waals surface area contributed by atoms with Crippen molar-refractivity contribution in [2.24, 2.45) is 17.8 Å². The van der Waals surface area contributed by atoms with Gasteiger partial charge >= 0.3 is 12.1 Å². The Kier molecular flexibility index (Phi) is 20.3. The molecular formula is C32H59N5O9S. The number of carboxylic acid groups (broad SMARTS) is 1. The van der Waals surface area contributed by atoms with Crippen LogP contribution in [0.4, 0.5) is 4.79 Å². The number of aliphatic hydroxyl groups excluding tert-OH is 1. The first-order valence-electron chi connectivity index (χ1n) is 16.2. The minimum Gasteiger partial charge on any atom is -0.481 e. The van der Waals surface area contributed by atoms with E-state index in [0.717, 1.165) is 0 Å². The van der Waals surface area contributed by atoms with Crippen molar-refractivity contribution in [2.45, 2.75) is 130 Å². The van der Waals surface area contributed by atoms with Gasteiger partial charge in [-0.1, -0.05) is 41.5 Å². The molecule has 272 valence electrons. The highest BCUT2D eigenvalue weighted by atomic mass is 32.2. The summed E-state index contributed by atoms with van der Waals surface area (Å²) < 4.78 is 5.30. The zero-order valence-corrected chi connectivity index (χ0v) is 30.5. The molecule has 0 aliphatic rings. The van der Waals surface area contributed by atoms with Gasteiger partial charge in [0.05, 0.1) is 18.6 Å². The molecule has 0 radical (unpaired) electrons. The van der Waals surface area contributed by atoms with Gasteiger partial charge in [-0.3, -0.25) is 24.0 Å². The molecular weight excluding hydrogens is 630 g/mol. The Balaban J connectivity index is 5.67. The molecule has 0 aromatic carbocycles. The molecule has 1 unspecified atom stereocenters. The number of rotatable bonds is 21. The summed E-state index contributed by atoms with van der Waals surface area (Å²) in [5, 5.41) is 33.3. The average molecular weight is 690 g/mol. The first-order valence-corrected chi connectivity index (χ1v) is 17.6. The van der Waals surface area contributed by atoms with Crippen LogP contribution in [-0.4, -0.2) is 100 Å². The third-order valence-electron chi connectivity index (χ3n) is 6.91. The van der Waals surface area contributed by atoms with Crippen molar-refractivity contribution in [1.82, 2.24) is 26.6 Å². The Bertz CT molecular complexity index is 1030. The van der Waals surface area contributed by atoms with Crippen molar-refractivity contribution >= 4 is 47.5 Å². The van der Waals surface area contributed by atoms with Crippen molar-refractivity contribution in [3.05, 3.63) is 0 Å². The third kappa shape index (κ3) is 19.4. The van der Waals surface area contributed by atoms with Crippen molar-refractivity contribution in [3.8, 4) is 0 Å². The lowest BCUT2D eigenvalue weighted by molar-refractivity contribution is -0.137. The molecule has 0 heterocycles. The second-order valence-corrected chi connectivity index (χ2v) is 14.8. The molecule has 0 aromatic heterocycles. The van der Waals surface area contributed by atoms with E-state index in [4.69, 9.17) is 9.84 Å². The van der Waals surface area contributed by atoms with Crippen LogP contribution in [0.2, 0.25) is 0 Å². The standard InChI is InChI=1S/C32H59N5O9S/c1-18(2)16-22(23(38)17-24(39)36-26(19(3)4)29(43)33-14-11-12-25(40)41)35-28(42)21(13-15-47-10)34-30(44)27(20(5)6)37-31(45)46-32(7,8)9/h18-23,26-27,38H,11-17H2,1-10H3,(H,33,43)(H,34,44)(H,35,42)(H,36,39)(H,37,45)(H,40,41)/t21-,22?,23-,26+,27-/m0/s1. The van der Waals surface area contributed by atoms with E-state index in [1.165, 1.54) is 11.8 Å². The summed E-state index contributed by atoms with van der Waals surface area (Å²) in [5.41, 5.74) is -0.766. The van der Waals surface area contributed by atoms with Gasteiger partial charge in [0.25, 0.3) is 0 Å².